The Balaban J connectivity index is 1.85. The van der Waals surface area contributed by atoms with Crippen molar-refractivity contribution in [2.75, 3.05) is 6.61 Å². The van der Waals surface area contributed by atoms with Crippen LogP contribution in [0.1, 0.15) is 59.0 Å². The van der Waals surface area contributed by atoms with Crippen LogP contribution in [0.2, 0.25) is 5.02 Å². The largest absolute Gasteiger partial charge is 0.494 e. The average molecular weight is 496 g/mol. The summed E-state index contributed by atoms with van der Waals surface area (Å²) in [6, 6.07) is 15.9. The number of carbonyl (C=O) groups excluding carboxylic acids is 1. The summed E-state index contributed by atoms with van der Waals surface area (Å²) in [7, 11) is 0. The van der Waals surface area contributed by atoms with Gasteiger partial charge in [-0.1, -0.05) is 36.7 Å². The maximum absolute atomic E-state index is 12.9. The number of aromatic carboxylic acids is 1. The van der Waals surface area contributed by atoms with Crippen LogP contribution in [0.25, 0.3) is 11.1 Å². The van der Waals surface area contributed by atoms with Crippen LogP contribution in [-0.2, 0) is 6.54 Å². The number of amides is 1. The van der Waals surface area contributed by atoms with Gasteiger partial charge in [0.1, 0.15) is 11.5 Å². The molecule has 0 saturated carbocycles. The number of nitrogens with one attached hydrogen (secondary N) is 1. The van der Waals surface area contributed by atoms with Crippen molar-refractivity contribution in [1.29, 1.82) is 0 Å². The van der Waals surface area contributed by atoms with Gasteiger partial charge < -0.3 is 19.9 Å². The van der Waals surface area contributed by atoms with E-state index in [0.717, 1.165) is 23.1 Å². The monoisotopic (exact) mass is 495 g/mol. The number of ether oxygens (including phenoxy) is 2. The molecule has 0 aliphatic heterocycles. The van der Waals surface area contributed by atoms with Gasteiger partial charge in [0, 0.05) is 12.1 Å². The Bertz CT molecular complexity index is 1220. The van der Waals surface area contributed by atoms with Crippen LogP contribution in [0.3, 0.4) is 0 Å². The van der Waals surface area contributed by atoms with Gasteiger partial charge in [-0.2, -0.15) is 0 Å². The van der Waals surface area contributed by atoms with Crippen LogP contribution < -0.4 is 14.8 Å². The highest BCUT2D eigenvalue weighted by molar-refractivity contribution is 6.34. The molecule has 0 spiro atoms. The van der Waals surface area contributed by atoms with Crippen molar-refractivity contribution in [1.82, 2.24) is 5.32 Å². The number of aryl methyl sites for hydroxylation is 1. The summed E-state index contributed by atoms with van der Waals surface area (Å²) in [5, 5.41) is 12.7. The maximum Gasteiger partial charge on any atom is 0.335 e. The third-order valence-corrected chi connectivity index (χ3v) is 5.63. The molecule has 0 heterocycles. The fraction of sp³-hybridized carbons (Fsp3) is 0.286. The summed E-state index contributed by atoms with van der Waals surface area (Å²) in [4.78, 5) is 24.4. The van der Waals surface area contributed by atoms with Crippen LogP contribution in [0.5, 0.6) is 11.5 Å². The fourth-order valence-corrected chi connectivity index (χ4v) is 3.81. The Hall–Kier alpha value is -3.51. The molecule has 0 fully saturated rings. The first-order valence-corrected chi connectivity index (χ1v) is 11.9. The number of carboxylic acid groups (broad SMARTS) is 1. The number of halogens is 1. The first-order chi connectivity index (χ1) is 16.7. The minimum atomic E-state index is -0.973. The SMILES string of the molecule is CCCOc1ccc(C(=O)NCc2cc(-c3ccc(C)c(C(=O)O)c3)ccc2OC(C)C)c(Cl)c1. The molecular weight excluding hydrogens is 466 g/mol. The Kier molecular flexibility index (Phi) is 8.77. The Morgan fingerprint density at radius 2 is 1.71 bits per heavy atom. The summed E-state index contributed by atoms with van der Waals surface area (Å²) >= 11 is 6.33. The predicted molar refractivity (Wildman–Crippen MR) is 138 cm³/mol. The lowest BCUT2D eigenvalue weighted by Crippen LogP contribution is -2.23. The summed E-state index contributed by atoms with van der Waals surface area (Å²) in [6.07, 6.45) is 0.818. The van der Waals surface area contributed by atoms with E-state index in [9.17, 15) is 14.7 Å². The Morgan fingerprint density at radius 3 is 2.37 bits per heavy atom. The van der Waals surface area contributed by atoms with Gasteiger partial charge in [0.05, 0.1) is 28.9 Å². The lowest BCUT2D eigenvalue weighted by atomic mass is 9.98. The standard InChI is InChI=1S/C28H30ClNO5/c1-5-12-34-22-9-10-23(25(29)15-22)27(31)30-16-21-13-19(8-11-26(21)35-17(2)3)20-7-6-18(4)24(14-20)28(32)33/h6-11,13-15,17H,5,12,16H2,1-4H3,(H,30,31)(H,32,33). The number of hydrogen-bond acceptors (Lipinski definition) is 4. The second kappa shape index (κ2) is 11.8. The summed E-state index contributed by atoms with van der Waals surface area (Å²) in [5.41, 5.74) is 3.65. The van der Waals surface area contributed by atoms with Gasteiger partial charge in [-0.3, -0.25) is 4.79 Å². The molecule has 1 amide bonds. The van der Waals surface area contributed by atoms with E-state index in [4.69, 9.17) is 21.1 Å². The second-order valence-corrected chi connectivity index (χ2v) is 8.90. The lowest BCUT2D eigenvalue weighted by Gasteiger charge is -2.17. The van der Waals surface area contributed by atoms with E-state index in [2.05, 4.69) is 5.32 Å². The number of benzene rings is 3. The molecule has 0 aliphatic rings. The van der Waals surface area contributed by atoms with Crippen LogP contribution in [0.15, 0.2) is 54.6 Å². The predicted octanol–water partition coefficient (Wildman–Crippen LogP) is 6.52. The maximum atomic E-state index is 12.9. The lowest BCUT2D eigenvalue weighted by molar-refractivity contribution is 0.0695. The molecule has 35 heavy (non-hydrogen) atoms. The van der Waals surface area contributed by atoms with Crippen molar-refractivity contribution in [2.45, 2.75) is 46.8 Å². The molecule has 0 aromatic heterocycles. The highest BCUT2D eigenvalue weighted by Crippen LogP contribution is 2.29. The van der Waals surface area contributed by atoms with E-state index in [0.29, 0.717) is 34.3 Å². The Labute approximate surface area is 210 Å². The minimum absolute atomic E-state index is 0.0570. The first kappa shape index (κ1) is 26.1. The van der Waals surface area contributed by atoms with Gasteiger partial charge >= 0.3 is 5.97 Å². The quantitative estimate of drug-likeness (QED) is 0.334. The zero-order valence-corrected chi connectivity index (χ0v) is 21.1. The highest BCUT2D eigenvalue weighted by atomic mass is 35.5. The van der Waals surface area contributed by atoms with Gasteiger partial charge in [0.15, 0.2) is 0 Å². The molecule has 0 unspecified atom stereocenters. The van der Waals surface area contributed by atoms with Gasteiger partial charge in [0.2, 0.25) is 0 Å². The number of hydrogen-bond donors (Lipinski definition) is 2. The zero-order chi connectivity index (χ0) is 25.5. The van der Waals surface area contributed by atoms with Crippen molar-refractivity contribution >= 4 is 23.5 Å². The molecule has 3 aromatic rings. The number of carbonyl (C=O) groups is 2. The second-order valence-electron chi connectivity index (χ2n) is 8.50. The van der Waals surface area contributed by atoms with Crippen molar-refractivity contribution in [3.8, 4) is 22.6 Å². The smallest absolute Gasteiger partial charge is 0.335 e. The van der Waals surface area contributed by atoms with E-state index in [-0.39, 0.29) is 24.1 Å². The van der Waals surface area contributed by atoms with Gasteiger partial charge in [0.25, 0.3) is 5.91 Å². The molecule has 3 aromatic carbocycles. The molecule has 0 saturated heterocycles. The first-order valence-electron chi connectivity index (χ1n) is 11.5. The van der Waals surface area contributed by atoms with Crippen molar-refractivity contribution in [2.24, 2.45) is 0 Å². The van der Waals surface area contributed by atoms with Gasteiger partial charge in [-0.05, 0) is 80.3 Å². The van der Waals surface area contributed by atoms with Gasteiger partial charge in [-0.25, -0.2) is 4.79 Å². The third kappa shape index (κ3) is 6.76. The van der Waals surface area contributed by atoms with Crippen LogP contribution >= 0.6 is 11.6 Å². The topological polar surface area (TPSA) is 84.9 Å². The normalized spacial score (nSPS) is 10.8. The molecule has 0 radical (unpaired) electrons. The molecule has 7 heteroatoms. The minimum Gasteiger partial charge on any atom is -0.494 e. The van der Waals surface area contributed by atoms with Gasteiger partial charge in [-0.15, -0.1) is 0 Å². The molecular formula is C28H30ClNO5. The number of rotatable bonds is 10. The van der Waals surface area contributed by atoms with E-state index < -0.39 is 5.97 Å². The number of carboxylic acids is 1. The molecule has 0 atom stereocenters. The molecule has 0 aliphatic carbocycles. The van der Waals surface area contributed by atoms with E-state index >= 15 is 0 Å². The molecule has 0 bridgehead atoms. The average Bonchev–Trinajstić information content (AvgIpc) is 2.81. The third-order valence-electron chi connectivity index (χ3n) is 5.32. The van der Waals surface area contributed by atoms with E-state index in [1.807, 2.05) is 45.0 Å². The zero-order valence-electron chi connectivity index (χ0n) is 20.4. The van der Waals surface area contributed by atoms with Crippen molar-refractivity contribution < 1.29 is 24.2 Å². The molecule has 6 nitrogen and oxygen atoms in total. The van der Waals surface area contributed by atoms with Crippen LogP contribution in [0, 0.1) is 6.92 Å². The highest BCUT2D eigenvalue weighted by Gasteiger charge is 2.15. The summed E-state index contributed by atoms with van der Waals surface area (Å²) < 4.78 is 11.5. The summed E-state index contributed by atoms with van der Waals surface area (Å²) in [6.45, 7) is 8.41. The Morgan fingerprint density at radius 1 is 1.00 bits per heavy atom. The summed E-state index contributed by atoms with van der Waals surface area (Å²) in [5.74, 6) is -0.0300. The molecule has 3 rings (SSSR count). The van der Waals surface area contributed by atoms with Crippen LogP contribution in [0.4, 0.5) is 0 Å². The van der Waals surface area contributed by atoms with Crippen LogP contribution in [-0.4, -0.2) is 29.7 Å². The fourth-order valence-electron chi connectivity index (χ4n) is 3.56. The molecule has 2 N–H and O–H groups in total. The van der Waals surface area contributed by atoms with E-state index in [1.54, 1.807) is 37.3 Å². The van der Waals surface area contributed by atoms with E-state index in [1.165, 1.54) is 0 Å². The molecule has 184 valence electrons. The van der Waals surface area contributed by atoms with Crippen molar-refractivity contribution in [3.63, 3.8) is 0 Å². The van der Waals surface area contributed by atoms with Crippen molar-refractivity contribution in [3.05, 3.63) is 81.9 Å².